The van der Waals surface area contributed by atoms with Gasteiger partial charge in [0.05, 0.1) is 18.1 Å². The molecule has 0 amide bonds. The number of ether oxygens (including phenoxy) is 1. The molecule has 5 rings (SSSR count). The van der Waals surface area contributed by atoms with E-state index in [1.54, 1.807) is 28.6 Å². The maximum Gasteiger partial charge on any atom is 0.330 e. The number of aromatic nitrogens is 5. The second kappa shape index (κ2) is 7.66. The molecule has 160 valence electrons. The van der Waals surface area contributed by atoms with Crippen molar-refractivity contribution >= 4 is 22.8 Å². The van der Waals surface area contributed by atoms with Crippen LogP contribution in [0.5, 0.6) is 0 Å². The predicted octanol–water partition coefficient (Wildman–Crippen LogP) is 3.50. The lowest BCUT2D eigenvalue weighted by atomic mass is 10.1. The summed E-state index contributed by atoms with van der Waals surface area (Å²) in [5, 5.41) is 3.24. The Labute approximate surface area is 178 Å². The second-order valence-electron chi connectivity index (χ2n) is 7.88. The molecule has 0 aromatic carbocycles. The molecule has 0 saturated carbocycles. The molecule has 4 aromatic heterocycles. The van der Waals surface area contributed by atoms with Crippen molar-refractivity contribution in [2.24, 2.45) is 7.05 Å². The molecule has 1 aliphatic heterocycles. The zero-order valence-electron chi connectivity index (χ0n) is 17.8. The van der Waals surface area contributed by atoms with E-state index in [2.05, 4.69) is 20.3 Å². The summed E-state index contributed by atoms with van der Waals surface area (Å²) in [7, 11) is 1.75. The molecule has 1 saturated heterocycles. The lowest BCUT2D eigenvalue weighted by molar-refractivity contribution is 0.0695. The molecule has 0 radical (unpaired) electrons. The van der Waals surface area contributed by atoms with Crippen molar-refractivity contribution in [2.45, 2.75) is 32.7 Å². The predicted molar refractivity (Wildman–Crippen MR) is 117 cm³/mol. The van der Waals surface area contributed by atoms with Crippen LogP contribution >= 0.6 is 0 Å². The van der Waals surface area contributed by atoms with Gasteiger partial charge in [0.2, 0.25) is 5.95 Å². The number of pyridine rings is 1. The minimum Gasteiger partial charge on any atom is -0.460 e. The third kappa shape index (κ3) is 3.50. The van der Waals surface area contributed by atoms with E-state index in [0.29, 0.717) is 30.3 Å². The standard InChI is InChI=1S/C22H24N6O3/c1-13-10-16(19-5-4-14(2)31-19)23-11-17(13)25-21-24-12-18-20(26-21)28(22(29)27(18)3)15-6-8-30-9-7-15/h4-5,10-12,15H,6-9H2,1-3H3,(H,24,25,26). The first-order chi connectivity index (χ1) is 15.0. The summed E-state index contributed by atoms with van der Waals surface area (Å²) in [6, 6.07) is 5.86. The van der Waals surface area contributed by atoms with Gasteiger partial charge >= 0.3 is 5.69 Å². The topological polar surface area (TPSA) is 100 Å². The highest BCUT2D eigenvalue weighted by atomic mass is 16.5. The SMILES string of the molecule is Cc1ccc(-c2cc(C)c(Nc3ncc4c(n3)n(C3CCOCC3)c(=O)n4C)cn2)o1. The summed E-state index contributed by atoms with van der Waals surface area (Å²) in [6.45, 7) is 5.19. The fourth-order valence-electron chi connectivity index (χ4n) is 3.98. The Balaban J connectivity index is 1.49. The third-order valence-corrected chi connectivity index (χ3v) is 5.74. The molecule has 9 heteroatoms. The smallest absolute Gasteiger partial charge is 0.330 e. The number of rotatable bonds is 4. The summed E-state index contributed by atoms with van der Waals surface area (Å²) < 4.78 is 14.5. The molecule has 0 unspecified atom stereocenters. The Kier molecular flexibility index (Phi) is 4.82. The van der Waals surface area contributed by atoms with Gasteiger partial charge in [0.1, 0.15) is 17.0 Å². The fraction of sp³-hybridized carbons (Fsp3) is 0.364. The molecule has 1 fully saturated rings. The monoisotopic (exact) mass is 420 g/mol. The summed E-state index contributed by atoms with van der Waals surface area (Å²) in [4.78, 5) is 26.5. The zero-order chi connectivity index (χ0) is 21.5. The number of nitrogens with zero attached hydrogens (tertiary/aromatic N) is 5. The van der Waals surface area contributed by atoms with E-state index >= 15 is 0 Å². The first-order valence-electron chi connectivity index (χ1n) is 10.3. The van der Waals surface area contributed by atoms with Crippen molar-refractivity contribution in [1.29, 1.82) is 0 Å². The van der Waals surface area contributed by atoms with Crippen LogP contribution in [0.1, 0.15) is 30.2 Å². The van der Waals surface area contributed by atoms with E-state index in [9.17, 15) is 4.79 Å². The van der Waals surface area contributed by atoms with Crippen molar-refractivity contribution in [3.05, 3.63) is 52.4 Å². The zero-order valence-corrected chi connectivity index (χ0v) is 17.8. The van der Waals surface area contributed by atoms with Crippen LogP contribution < -0.4 is 11.0 Å². The van der Waals surface area contributed by atoms with Gasteiger partial charge in [0.15, 0.2) is 11.4 Å². The number of hydrogen-bond acceptors (Lipinski definition) is 7. The molecule has 1 N–H and O–H groups in total. The second-order valence-corrected chi connectivity index (χ2v) is 7.88. The number of aryl methyl sites for hydroxylation is 3. The Morgan fingerprint density at radius 1 is 1.13 bits per heavy atom. The lowest BCUT2D eigenvalue weighted by Crippen LogP contribution is -2.30. The highest BCUT2D eigenvalue weighted by Gasteiger charge is 2.23. The van der Waals surface area contributed by atoms with Gasteiger partial charge in [-0.25, -0.2) is 9.78 Å². The van der Waals surface area contributed by atoms with E-state index in [0.717, 1.165) is 41.3 Å². The van der Waals surface area contributed by atoms with Gasteiger partial charge in [0, 0.05) is 26.3 Å². The molecule has 5 heterocycles. The van der Waals surface area contributed by atoms with Gasteiger partial charge in [-0.2, -0.15) is 4.98 Å². The van der Waals surface area contributed by atoms with Crippen molar-refractivity contribution in [3.8, 4) is 11.5 Å². The summed E-state index contributed by atoms with van der Waals surface area (Å²) >= 11 is 0. The highest BCUT2D eigenvalue weighted by molar-refractivity contribution is 5.73. The first kappa shape index (κ1) is 19.5. The Hall–Kier alpha value is -3.46. The van der Waals surface area contributed by atoms with Gasteiger partial charge < -0.3 is 14.5 Å². The molecule has 0 spiro atoms. The molecular formula is C22H24N6O3. The fourth-order valence-corrected chi connectivity index (χ4v) is 3.98. The average Bonchev–Trinajstić information content (AvgIpc) is 3.31. The van der Waals surface area contributed by atoms with Crippen LogP contribution in [0, 0.1) is 13.8 Å². The molecule has 0 bridgehead atoms. The highest BCUT2D eigenvalue weighted by Crippen LogP contribution is 2.27. The molecule has 1 aliphatic rings. The summed E-state index contributed by atoms with van der Waals surface area (Å²) in [5.41, 5.74) is 3.80. The number of hydrogen-bond donors (Lipinski definition) is 1. The van der Waals surface area contributed by atoms with Gasteiger partial charge in [-0.15, -0.1) is 0 Å². The maximum absolute atomic E-state index is 12.9. The summed E-state index contributed by atoms with van der Waals surface area (Å²) in [6.07, 6.45) is 5.02. The molecule has 9 nitrogen and oxygen atoms in total. The van der Waals surface area contributed by atoms with Crippen LogP contribution in [0.15, 0.2) is 39.8 Å². The van der Waals surface area contributed by atoms with Crippen molar-refractivity contribution in [1.82, 2.24) is 24.1 Å². The Morgan fingerprint density at radius 3 is 2.65 bits per heavy atom. The number of nitrogens with one attached hydrogen (secondary N) is 1. The Morgan fingerprint density at radius 2 is 1.94 bits per heavy atom. The molecular weight excluding hydrogens is 396 g/mol. The van der Waals surface area contributed by atoms with Crippen LogP contribution in [-0.2, 0) is 11.8 Å². The van der Waals surface area contributed by atoms with E-state index < -0.39 is 0 Å². The third-order valence-electron chi connectivity index (χ3n) is 5.74. The maximum atomic E-state index is 12.9. The number of fused-ring (bicyclic) bond motifs is 1. The van der Waals surface area contributed by atoms with Gasteiger partial charge in [-0.05, 0) is 50.5 Å². The van der Waals surface area contributed by atoms with Gasteiger partial charge in [-0.3, -0.25) is 14.1 Å². The van der Waals surface area contributed by atoms with Gasteiger partial charge in [0.25, 0.3) is 0 Å². The van der Waals surface area contributed by atoms with Crippen LogP contribution in [0.2, 0.25) is 0 Å². The van der Waals surface area contributed by atoms with Gasteiger partial charge in [-0.1, -0.05) is 0 Å². The van der Waals surface area contributed by atoms with E-state index in [1.165, 1.54) is 0 Å². The van der Waals surface area contributed by atoms with Crippen molar-refractivity contribution in [3.63, 3.8) is 0 Å². The van der Waals surface area contributed by atoms with E-state index in [-0.39, 0.29) is 11.7 Å². The van der Waals surface area contributed by atoms with Crippen LogP contribution in [-0.4, -0.2) is 37.3 Å². The van der Waals surface area contributed by atoms with Crippen molar-refractivity contribution in [2.75, 3.05) is 18.5 Å². The summed E-state index contributed by atoms with van der Waals surface area (Å²) in [5.74, 6) is 2.00. The minimum absolute atomic E-state index is 0.0761. The largest absolute Gasteiger partial charge is 0.460 e. The van der Waals surface area contributed by atoms with Crippen molar-refractivity contribution < 1.29 is 9.15 Å². The lowest BCUT2D eigenvalue weighted by Gasteiger charge is -2.22. The number of imidazole rings is 1. The molecule has 4 aromatic rings. The van der Waals surface area contributed by atoms with Crippen LogP contribution in [0.3, 0.4) is 0 Å². The first-order valence-corrected chi connectivity index (χ1v) is 10.3. The quantitative estimate of drug-likeness (QED) is 0.539. The number of furan rings is 1. The van der Waals surface area contributed by atoms with E-state index in [1.807, 2.05) is 32.0 Å². The molecule has 0 atom stereocenters. The minimum atomic E-state index is -0.0794. The normalized spacial score (nSPS) is 14.9. The molecule has 31 heavy (non-hydrogen) atoms. The van der Waals surface area contributed by atoms with E-state index in [4.69, 9.17) is 9.15 Å². The van der Waals surface area contributed by atoms with Crippen LogP contribution in [0.4, 0.5) is 11.6 Å². The Bertz CT molecular complexity index is 1310. The molecule has 0 aliphatic carbocycles. The van der Waals surface area contributed by atoms with Crippen LogP contribution in [0.25, 0.3) is 22.6 Å². The number of anilines is 2. The average molecular weight is 420 g/mol.